The molecule has 0 atom stereocenters. The quantitative estimate of drug-likeness (QED) is 0.651. The Balaban J connectivity index is 2.00. The normalized spacial score (nSPS) is 13.7. The summed E-state index contributed by atoms with van der Waals surface area (Å²) < 4.78 is 18.4. The first-order chi connectivity index (χ1) is 12.4. The van der Waals surface area contributed by atoms with Crippen molar-refractivity contribution in [1.82, 2.24) is 5.32 Å². The van der Waals surface area contributed by atoms with Gasteiger partial charge in [-0.1, -0.05) is 18.2 Å². The molecule has 0 unspecified atom stereocenters. The van der Waals surface area contributed by atoms with E-state index in [0.717, 1.165) is 0 Å². The highest BCUT2D eigenvalue weighted by Gasteiger charge is 2.31. The Labute approximate surface area is 148 Å². The number of aryl methyl sites for hydroxylation is 1. The van der Waals surface area contributed by atoms with Crippen LogP contribution in [0.1, 0.15) is 21.5 Å². The Hall–Kier alpha value is -3.48. The molecule has 3 rings (SSSR count). The Morgan fingerprint density at radius 3 is 2.38 bits per heavy atom. The van der Waals surface area contributed by atoms with E-state index in [0.29, 0.717) is 22.4 Å². The summed E-state index contributed by atoms with van der Waals surface area (Å²) in [7, 11) is 1.27. The lowest BCUT2D eigenvalue weighted by atomic mass is 10.0. The molecule has 1 heterocycles. The van der Waals surface area contributed by atoms with Gasteiger partial charge in [0.15, 0.2) is 0 Å². The van der Waals surface area contributed by atoms with Crippen LogP contribution in [0.5, 0.6) is 0 Å². The highest BCUT2D eigenvalue weighted by molar-refractivity contribution is 6.36. The summed E-state index contributed by atoms with van der Waals surface area (Å²) in [6, 6.07) is 10.5. The van der Waals surface area contributed by atoms with E-state index in [9.17, 15) is 18.8 Å². The van der Waals surface area contributed by atoms with Gasteiger partial charge in [0.05, 0.1) is 18.2 Å². The van der Waals surface area contributed by atoms with E-state index in [1.54, 1.807) is 19.1 Å². The average molecular weight is 354 g/mol. The molecule has 1 aliphatic rings. The van der Waals surface area contributed by atoms with Gasteiger partial charge >= 0.3 is 5.97 Å². The maximum absolute atomic E-state index is 13.7. The maximum atomic E-state index is 13.7. The van der Waals surface area contributed by atoms with Crippen molar-refractivity contribution in [3.8, 4) is 0 Å². The summed E-state index contributed by atoms with van der Waals surface area (Å²) >= 11 is 0. The molecular formula is C19H15FN2O4. The Bertz CT molecular complexity index is 949. The molecule has 2 aromatic carbocycles. The highest BCUT2D eigenvalue weighted by Crippen LogP contribution is 2.26. The zero-order valence-corrected chi connectivity index (χ0v) is 14.1. The van der Waals surface area contributed by atoms with Gasteiger partial charge in [0.2, 0.25) is 0 Å². The zero-order valence-electron chi connectivity index (χ0n) is 14.1. The van der Waals surface area contributed by atoms with Crippen LogP contribution >= 0.6 is 0 Å². The Morgan fingerprint density at radius 1 is 1.08 bits per heavy atom. The first kappa shape index (κ1) is 17.3. The summed E-state index contributed by atoms with van der Waals surface area (Å²) in [4.78, 5) is 35.8. The number of methoxy groups -OCH3 is 1. The number of imide groups is 1. The van der Waals surface area contributed by atoms with Crippen LogP contribution in [0.25, 0.3) is 5.57 Å². The topological polar surface area (TPSA) is 84.5 Å². The monoisotopic (exact) mass is 354 g/mol. The van der Waals surface area contributed by atoms with Crippen LogP contribution in [0, 0.1) is 12.7 Å². The number of halogens is 1. The Morgan fingerprint density at radius 2 is 1.77 bits per heavy atom. The lowest BCUT2D eigenvalue weighted by molar-refractivity contribution is -0.123. The second kappa shape index (κ2) is 6.79. The standard InChI is InChI=1S/C19H15FN2O4/c1-10-3-8-13(9-14(10)20)21-16-15(17(23)22-18(16)24)11-4-6-12(7-5-11)19(25)26-2/h3-9H,1-2H3,(H2,21,22,23,24). The molecular weight excluding hydrogens is 339 g/mol. The van der Waals surface area contributed by atoms with E-state index in [-0.39, 0.29) is 11.3 Å². The fraction of sp³-hybridized carbons (Fsp3) is 0.105. The summed E-state index contributed by atoms with van der Waals surface area (Å²) in [5, 5.41) is 5.01. The molecule has 0 fully saturated rings. The van der Waals surface area contributed by atoms with Crippen molar-refractivity contribution in [2.24, 2.45) is 0 Å². The number of anilines is 1. The van der Waals surface area contributed by atoms with E-state index in [1.165, 1.54) is 37.4 Å². The minimum Gasteiger partial charge on any atom is -0.465 e. The molecule has 2 amide bonds. The van der Waals surface area contributed by atoms with Crippen molar-refractivity contribution in [1.29, 1.82) is 0 Å². The minimum atomic E-state index is -0.608. The molecule has 0 aromatic heterocycles. The zero-order chi connectivity index (χ0) is 18.8. The summed E-state index contributed by atoms with van der Waals surface area (Å²) in [5.41, 5.74) is 1.70. The van der Waals surface area contributed by atoms with E-state index in [1.807, 2.05) is 0 Å². The first-order valence-corrected chi connectivity index (χ1v) is 7.72. The van der Waals surface area contributed by atoms with Crippen LogP contribution in [-0.2, 0) is 14.3 Å². The van der Waals surface area contributed by atoms with E-state index < -0.39 is 23.6 Å². The van der Waals surface area contributed by atoms with Gasteiger partial charge in [-0.3, -0.25) is 14.9 Å². The van der Waals surface area contributed by atoms with Crippen molar-refractivity contribution < 1.29 is 23.5 Å². The van der Waals surface area contributed by atoms with Crippen LogP contribution < -0.4 is 10.6 Å². The predicted molar refractivity (Wildman–Crippen MR) is 92.6 cm³/mol. The Kier molecular flexibility index (Phi) is 4.53. The summed E-state index contributed by atoms with van der Waals surface area (Å²) in [5.74, 6) is -2.12. The van der Waals surface area contributed by atoms with Gasteiger partial charge in [-0.05, 0) is 42.3 Å². The number of carbonyl (C=O) groups excluding carboxylic acids is 3. The predicted octanol–water partition coefficient (Wildman–Crippen LogP) is 2.40. The van der Waals surface area contributed by atoms with Gasteiger partial charge in [-0.25, -0.2) is 9.18 Å². The minimum absolute atomic E-state index is 0.0177. The molecule has 0 saturated carbocycles. The molecule has 0 bridgehead atoms. The molecule has 0 saturated heterocycles. The number of hydrogen-bond acceptors (Lipinski definition) is 5. The van der Waals surface area contributed by atoms with Gasteiger partial charge in [0.25, 0.3) is 11.8 Å². The molecule has 0 aliphatic carbocycles. The van der Waals surface area contributed by atoms with E-state index in [2.05, 4.69) is 15.4 Å². The van der Waals surface area contributed by atoms with Crippen LogP contribution in [0.3, 0.4) is 0 Å². The number of nitrogens with one attached hydrogen (secondary N) is 2. The molecule has 6 nitrogen and oxygen atoms in total. The van der Waals surface area contributed by atoms with Crippen LogP contribution in [0.15, 0.2) is 48.2 Å². The fourth-order valence-electron chi connectivity index (χ4n) is 2.56. The third kappa shape index (κ3) is 3.19. The molecule has 7 heteroatoms. The van der Waals surface area contributed by atoms with Gasteiger partial charge < -0.3 is 10.1 Å². The number of carbonyl (C=O) groups is 3. The summed E-state index contributed by atoms with van der Waals surface area (Å²) in [6.45, 7) is 1.62. The third-order valence-corrected chi connectivity index (χ3v) is 3.97. The van der Waals surface area contributed by atoms with Crippen LogP contribution in [0.4, 0.5) is 10.1 Å². The lowest BCUT2D eigenvalue weighted by Crippen LogP contribution is -2.24. The number of esters is 1. The van der Waals surface area contributed by atoms with Gasteiger partial charge in [0.1, 0.15) is 11.5 Å². The molecule has 0 radical (unpaired) electrons. The molecule has 26 heavy (non-hydrogen) atoms. The third-order valence-electron chi connectivity index (χ3n) is 3.97. The maximum Gasteiger partial charge on any atom is 0.337 e. The average Bonchev–Trinajstić information content (AvgIpc) is 2.91. The fourth-order valence-corrected chi connectivity index (χ4v) is 2.56. The van der Waals surface area contributed by atoms with Crippen molar-refractivity contribution >= 4 is 29.0 Å². The van der Waals surface area contributed by atoms with Crippen molar-refractivity contribution in [3.05, 3.63) is 70.7 Å². The van der Waals surface area contributed by atoms with Crippen LogP contribution in [0.2, 0.25) is 0 Å². The van der Waals surface area contributed by atoms with Gasteiger partial charge in [-0.2, -0.15) is 0 Å². The molecule has 132 valence electrons. The lowest BCUT2D eigenvalue weighted by Gasteiger charge is -2.09. The van der Waals surface area contributed by atoms with Gasteiger partial charge in [0, 0.05) is 5.69 Å². The molecule has 2 N–H and O–H groups in total. The number of amides is 2. The number of benzene rings is 2. The molecule has 0 spiro atoms. The van der Waals surface area contributed by atoms with Crippen molar-refractivity contribution in [2.75, 3.05) is 12.4 Å². The van der Waals surface area contributed by atoms with E-state index in [4.69, 9.17) is 0 Å². The smallest absolute Gasteiger partial charge is 0.337 e. The van der Waals surface area contributed by atoms with Crippen LogP contribution in [-0.4, -0.2) is 24.9 Å². The van der Waals surface area contributed by atoms with Gasteiger partial charge in [-0.15, -0.1) is 0 Å². The van der Waals surface area contributed by atoms with Crippen molar-refractivity contribution in [2.45, 2.75) is 6.92 Å². The molecule has 2 aromatic rings. The number of ether oxygens (including phenoxy) is 1. The van der Waals surface area contributed by atoms with Crippen molar-refractivity contribution in [3.63, 3.8) is 0 Å². The van der Waals surface area contributed by atoms with E-state index >= 15 is 0 Å². The first-order valence-electron chi connectivity index (χ1n) is 7.72. The molecule has 1 aliphatic heterocycles. The second-order valence-electron chi connectivity index (χ2n) is 5.69. The summed E-state index contributed by atoms with van der Waals surface area (Å²) in [6.07, 6.45) is 0. The largest absolute Gasteiger partial charge is 0.465 e. The number of hydrogen-bond donors (Lipinski definition) is 2. The SMILES string of the molecule is COC(=O)c1ccc(C2=C(Nc3ccc(C)c(F)c3)C(=O)NC2=O)cc1. The second-order valence-corrected chi connectivity index (χ2v) is 5.69. The highest BCUT2D eigenvalue weighted by atomic mass is 19.1. The number of rotatable bonds is 4.